The van der Waals surface area contributed by atoms with Crippen molar-refractivity contribution in [1.82, 2.24) is 73.1 Å². The maximum absolute atomic E-state index is 13.4. The Bertz CT molecular complexity index is 4340. The molecule has 16 N–H and O–H groups in total. The van der Waals surface area contributed by atoms with E-state index >= 15 is 0 Å². The van der Waals surface area contributed by atoms with Crippen molar-refractivity contribution in [2.75, 3.05) is 62.6 Å². The first-order chi connectivity index (χ1) is 43.7. The number of ether oxygens (including phenoxy) is 4. The predicted octanol–water partition coefficient (Wildman–Crippen LogP) is -1.60. The molecule has 16 heterocycles. The minimum Gasteiger partial charge on any atom is -0.397 e. The van der Waals surface area contributed by atoms with Gasteiger partial charge in [-0.15, -0.1) is 23.5 Å². The molecule has 492 valence electrons. The molecule has 0 saturated carbocycles. The van der Waals surface area contributed by atoms with Gasteiger partial charge >= 0.3 is 29.1 Å². The molecule has 8 bridgehead atoms. The molecule has 20 atom stereocenters. The fourth-order valence-corrected chi connectivity index (χ4v) is 20.3. The smallest absolute Gasteiger partial charge is 0.397 e. The predicted molar refractivity (Wildman–Crippen MR) is 321 cm³/mol. The van der Waals surface area contributed by atoms with E-state index in [-0.39, 0.29) is 53.3 Å². The molecular formula is C43H49N19O22P4S4. The van der Waals surface area contributed by atoms with Crippen LogP contribution in [0.1, 0.15) is 23.2 Å². The van der Waals surface area contributed by atoms with E-state index in [1.807, 2.05) is 0 Å². The van der Waals surface area contributed by atoms with Crippen molar-refractivity contribution >= 4 is 144 Å². The number of nitrogens with two attached hydrogens (primary N) is 4. The summed E-state index contributed by atoms with van der Waals surface area (Å²) < 4.78 is 103. The molecule has 16 rings (SSSR count). The number of aromatic amines is 2. The number of phosphoric ester groups is 2. The van der Waals surface area contributed by atoms with E-state index in [1.54, 1.807) is 10.6 Å². The van der Waals surface area contributed by atoms with Gasteiger partial charge in [0, 0.05) is 6.20 Å². The molecule has 0 radical (unpaired) electrons. The zero-order chi connectivity index (χ0) is 64.3. The first kappa shape index (κ1) is 62.9. The average Bonchev–Trinajstić information content (AvgIpc) is 1.57. The van der Waals surface area contributed by atoms with Gasteiger partial charge in [-0.3, -0.25) is 65.0 Å². The summed E-state index contributed by atoms with van der Waals surface area (Å²) in [6, 6.07) is 1.59. The molecule has 0 amide bonds. The van der Waals surface area contributed by atoms with E-state index < -0.39 is 160 Å². The molecule has 41 nitrogen and oxygen atoms in total. The highest BCUT2D eigenvalue weighted by Crippen LogP contribution is 2.62. The van der Waals surface area contributed by atoms with E-state index in [0.29, 0.717) is 28.0 Å². The quantitative estimate of drug-likeness (QED) is 0.0883. The number of aromatic nitrogens is 15. The van der Waals surface area contributed by atoms with Gasteiger partial charge in [-0.05, 0) is 29.7 Å². The third-order valence-electron chi connectivity index (χ3n) is 16.2. The van der Waals surface area contributed by atoms with Gasteiger partial charge in [0.25, 0.3) is 11.1 Å². The number of imidazole rings is 4. The molecule has 0 spiro atoms. The minimum absolute atomic E-state index is 0.0393. The summed E-state index contributed by atoms with van der Waals surface area (Å²) in [6.45, 7) is -10.8. The summed E-state index contributed by atoms with van der Waals surface area (Å²) in [5.74, 6) is -0.237. The van der Waals surface area contributed by atoms with Crippen molar-refractivity contribution in [3.05, 3.63) is 64.6 Å². The minimum atomic E-state index is -4.87. The summed E-state index contributed by atoms with van der Waals surface area (Å²) in [5, 5.41) is 18.9. The normalized spacial score (nSPS) is 39.7. The van der Waals surface area contributed by atoms with Crippen molar-refractivity contribution in [1.29, 1.82) is 0 Å². The van der Waals surface area contributed by atoms with Crippen LogP contribution in [0.3, 0.4) is 0 Å². The highest BCUT2D eigenvalue weighted by molar-refractivity contribution is 8.07. The second-order valence-electron chi connectivity index (χ2n) is 21.9. The van der Waals surface area contributed by atoms with Crippen molar-refractivity contribution in [3.63, 3.8) is 0 Å². The van der Waals surface area contributed by atoms with Crippen LogP contribution in [0.15, 0.2) is 53.5 Å². The Labute approximate surface area is 529 Å². The zero-order valence-electron chi connectivity index (χ0n) is 46.1. The zero-order valence-corrected chi connectivity index (χ0v) is 53.0. The van der Waals surface area contributed by atoms with Crippen LogP contribution in [0.2, 0.25) is 0 Å². The van der Waals surface area contributed by atoms with Gasteiger partial charge in [0.15, 0.2) is 51.9 Å². The van der Waals surface area contributed by atoms with Crippen LogP contribution < -0.4 is 34.1 Å². The van der Waals surface area contributed by atoms with Crippen molar-refractivity contribution < 1.29 is 94.1 Å². The first-order valence-electron chi connectivity index (χ1n) is 27.0. The van der Waals surface area contributed by atoms with Gasteiger partial charge in [0.1, 0.15) is 75.9 Å². The first-order valence-corrected chi connectivity index (χ1v) is 37.1. The Morgan fingerprint density at radius 2 is 1.00 bits per heavy atom. The lowest BCUT2D eigenvalue weighted by molar-refractivity contribution is -0.183. The molecule has 8 aromatic heterocycles. The van der Waals surface area contributed by atoms with Crippen molar-refractivity contribution in [2.45, 2.75) is 93.7 Å². The molecule has 8 saturated heterocycles. The Kier molecular flexibility index (Phi) is 15.5. The summed E-state index contributed by atoms with van der Waals surface area (Å²) in [6.07, 6.45) is -3.75. The van der Waals surface area contributed by atoms with E-state index in [0.717, 1.165) is 23.5 Å². The third kappa shape index (κ3) is 10.8. The largest absolute Gasteiger partial charge is 0.472 e. The van der Waals surface area contributed by atoms with Crippen LogP contribution in [-0.4, -0.2) is 213 Å². The number of anilines is 4. The number of phosphoric acid groups is 2. The molecule has 49 heteroatoms. The number of nitrogen functional groups attached to an aromatic ring is 4. The van der Waals surface area contributed by atoms with Crippen LogP contribution in [0.25, 0.3) is 44.7 Å². The number of nitrogens with one attached hydrogen (secondary N) is 2. The number of rotatable bonds is 4. The maximum Gasteiger partial charge on any atom is 0.472 e. The number of aliphatic hydroxyl groups is 2. The highest BCUT2D eigenvalue weighted by atomic mass is 32.5. The molecule has 8 aliphatic rings. The lowest BCUT2D eigenvalue weighted by atomic mass is 10.0. The molecule has 8 aromatic rings. The molecule has 92 heavy (non-hydrogen) atoms. The Morgan fingerprint density at radius 1 is 0.554 bits per heavy atom. The van der Waals surface area contributed by atoms with E-state index in [4.69, 9.17) is 102 Å². The van der Waals surface area contributed by atoms with Gasteiger partial charge in [0.2, 0.25) is 11.9 Å². The van der Waals surface area contributed by atoms with Crippen LogP contribution in [0, 0.1) is 0 Å². The van der Waals surface area contributed by atoms with Crippen LogP contribution in [0.5, 0.6) is 0 Å². The van der Waals surface area contributed by atoms with Gasteiger partial charge in [-0.2, -0.15) is 9.97 Å². The van der Waals surface area contributed by atoms with Crippen LogP contribution in [-0.2, 0) is 87.9 Å². The summed E-state index contributed by atoms with van der Waals surface area (Å²) in [4.78, 5) is 111. The number of hydrogen-bond donors (Lipinski definition) is 12. The van der Waals surface area contributed by atoms with Gasteiger partial charge < -0.3 is 80.7 Å². The fourth-order valence-electron chi connectivity index (χ4n) is 12.0. The second-order valence-corrected chi connectivity index (χ2v) is 33.0. The molecule has 8 aliphatic heterocycles. The maximum atomic E-state index is 13.4. The number of thioether (sulfide) groups is 2. The van der Waals surface area contributed by atoms with E-state index in [9.17, 15) is 48.5 Å². The van der Waals surface area contributed by atoms with Crippen molar-refractivity contribution in [3.8, 4) is 0 Å². The fraction of sp³-hybridized carbons (Fsp3) is 0.512. The Hall–Kier alpha value is -5.19. The number of nitrogens with zero attached hydrogens (tertiary/aromatic N) is 13. The van der Waals surface area contributed by atoms with E-state index in [1.165, 1.54) is 51.5 Å². The van der Waals surface area contributed by atoms with Gasteiger partial charge in [-0.25, -0.2) is 44.0 Å². The number of fused-ring (bicyclic) bond motifs is 8. The number of aliphatic hydroxyl groups excluding tert-OH is 2. The van der Waals surface area contributed by atoms with Crippen LogP contribution in [0.4, 0.5) is 23.4 Å². The molecule has 0 aliphatic carbocycles. The summed E-state index contributed by atoms with van der Waals surface area (Å²) in [5.41, 5.74) is 20.9. The summed E-state index contributed by atoms with van der Waals surface area (Å²) in [7, 11) is -9.73. The molecular weight excluding hydrogens is 1390 g/mol. The summed E-state index contributed by atoms with van der Waals surface area (Å²) >= 11 is 12.8. The standard InChI is InChI=1S/C22H25N9O11P2S2.C21H24N10O11P2S2/c23-8-1-2-25-16-10(8)26-6-30(16)19-14-15-22(40-19,4-37-14)5-39-44(36,45)41-13-12(32)9(3-38-43(34,35)42-15)46-20(13)31-7-27-11-17(31)28-21(24)29-18(11)33;22-14-8-15(25-4-24-14)30(5-26-8)18-12-13-21(40-18,2-37-12)3-39-44(36,45)41-11-10(32)7(1-38-43(34,35)42-13)46-19(11)31-6-27-9-16(31)28-20(23)29-17(9)33/h1-2,6-7,9,12-15,19-20,32H,3-5H2,(H2,23,25)(H,34,35)(H,36,45)(H3,24,28,29,33);4-7,10-13,18-19,32H,1-3H2,(H,34,35)(H,36,45)(H2,22,24,25)(H3,23,28,29,33)/t9-,12-,13-,14-,15+,19-,20-,22-,44?;7-,10-,11-,12-,13+,18-,19-,21-,44?/m11/s1. The lowest BCUT2D eigenvalue weighted by Gasteiger charge is -2.33. The lowest BCUT2D eigenvalue weighted by Crippen LogP contribution is -2.45. The topological polar surface area (TPSA) is 572 Å². The Balaban J connectivity index is 0.000000153. The number of pyridine rings is 1. The Morgan fingerprint density at radius 3 is 1.49 bits per heavy atom. The molecule has 4 unspecified atom stereocenters. The molecule has 8 fully saturated rings. The number of hydrogen-bond acceptors (Lipinski definition) is 35. The average molecular weight is 1440 g/mol. The monoisotopic (exact) mass is 1440 g/mol. The number of H-pyrrole nitrogens is 2. The van der Waals surface area contributed by atoms with E-state index in [2.05, 4.69) is 54.8 Å². The molecule has 0 aromatic carbocycles. The third-order valence-corrected chi connectivity index (χ3v) is 24.3. The SMILES string of the molecule is Nc1nc2c(ncn2[C@@H]2S[C@@H]3COP(=O)(O)O[C@H]4[C@H]5OC[C@]4(COP(O)(=S)O[C@@H]2[C@@H]3O)O[C@H]5n2cnc3c(N)ccnc32)c(=O)[nH]1.Nc1nc2c(ncn2[C@@H]2S[C@@H]3COP(=O)(O)O[C@H]4[C@H]5OC[C@]4(COP(O)(=S)O[C@@H]2[C@@H]3O)O[C@H]5n2cnc3c(N)ncnc32)c(=O)[nH]1. The van der Waals surface area contributed by atoms with Gasteiger partial charge in [0.05, 0.1) is 93.3 Å². The second kappa shape index (κ2) is 22.7. The van der Waals surface area contributed by atoms with Crippen molar-refractivity contribution in [2.24, 2.45) is 0 Å². The highest BCUT2D eigenvalue weighted by Gasteiger charge is 2.68. The van der Waals surface area contributed by atoms with Gasteiger partial charge in [-0.1, -0.05) is 0 Å². The van der Waals surface area contributed by atoms with Crippen LogP contribution >= 0.6 is 52.6 Å².